The van der Waals surface area contributed by atoms with Crippen LogP contribution in [-0.4, -0.2) is 47.5 Å². The van der Waals surface area contributed by atoms with Crippen molar-refractivity contribution in [3.8, 4) is 0 Å². The Hall–Kier alpha value is -1.43. The van der Waals surface area contributed by atoms with Crippen molar-refractivity contribution in [3.05, 3.63) is 0 Å². The highest BCUT2D eigenvalue weighted by molar-refractivity contribution is 6.05. The van der Waals surface area contributed by atoms with Crippen LogP contribution in [0.15, 0.2) is 0 Å². The van der Waals surface area contributed by atoms with E-state index in [9.17, 15) is 14.4 Å². The molecule has 1 saturated heterocycles. The third-order valence-electron chi connectivity index (χ3n) is 3.95. The molecule has 0 bridgehead atoms. The molecule has 0 aromatic heterocycles. The van der Waals surface area contributed by atoms with Crippen LogP contribution in [0.2, 0.25) is 0 Å². The van der Waals surface area contributed by atoms with E-state index in [1.807, 2.05) is 13.8 Å². The predicted octanol–water partition coefficient (Wildman–Crippen LogP) is 0.897. The minimum Gasteiger partial charge on any atom is -0.481 e. The Morgan fingerprint density at radius 3 is 2.42 bits per heavy atom. The summed E-state index contributed by atoms with van der Waals surface area (Å²) in [5, 5.41) is 8.74. The van der Waals surface area contributed by atoms with Crippen molar-refractivity contribution in [2.75, 3.05) is 13.7 Å². The van der Waals surface area contributed by atoms with Crippen molar-refractivity contribution in [2.45, 2.75) is 39.7 Å². The number of aliphatic carboxylic acids is 1. The summed E-state index contributed by atoms with van der Waals surface area (Å²) >= 11 is 0. The van der Waals surface area contributed by atoms with Crippen LogP contribution in [0, 0.1) is 11.3 Å². The summed E-state index contributed by atoms with van der Waals surface area (Å²) in [5.41, 5.74) is -0.696. The SMILES string of the molecule is COC(CC(=O)O)CN1C(=O)CC(C)(C(C)C)C1=O. The van der Waals surface area contributed by atoms with E-state index in [-0.39, 0.29) is 37.1 Å². The number of rotatable bonds is 6. The summed E-state index contributed by atoms with van der Waals surface area (Å²) in [6.45, 7) is 5.58. The van der Waals surface area contributed by atoms with Crippen molar-refractivity contribution in [1.29, 1.82) is 0 Å². The second-order valence-electron chi connectivity index (χ2n) is 5.51. The Balaban J connectivity index is 2.82. The van der Waals surface area contributed by atoms with Crippen LogP contribution in [0.5, 0.6) is 0 Å². The minimum absolute atomic E-state index is 0.00275. The van der Waals surface area contributed by atoms with E-state index in [2.05, 4.69) is 0 Å². The van der Waals surface area contributed by atoms with Gasteiger partial charge in [0.1, 0.15) is 0 Å². The number of ether oxygens (including phenoxy) is 1. The fourth-order valence-electron chi connectivity index (χ4n) is 2.16. The zero-order chi connectivity index (χ0) is 14.8. The molecule has 6 nitrogen and oxygen atoms in total. The van der Waals surface area contributed by atoms with Gasteiger partial charge in [0.2, 0.25) is 11.8 Å². The van der Waals surface area contributed by atoms with Crippen molar-refractivity contribution < 1.29 is 24.2 Å². The molecule has 1 rings (SSSR count). The van der Waals surface area contributed by atoms with E-state index in [4.69, 9.17) is 9.84 Å². The Kier molecular flexibility index (Phi) is 4.68. The molecule has 1 aliphatic heterocycles. The number of carboxylic acids is 1. The molecule has 1 N–H and O–H groups in total. The molecular weight excluding hydrogens is 250 g/mol. The van der Waals surface area contributed by atoms with Gasteiger partial charge in [-0.15, -0.1) is 0 Å². The van der Waals surface area contributed by atoms with Gasteiger partial charge in [0.25, 0.3) is 0 Å². The second-order valence-corrected chi connectivity index (χ2v) is 5.51. The molecule has 1 aliphatic rings. The molecule has 0 aromatic carbocycles. The molecule has 2 atom stereocenters. The number of carbonyl (C=O) groups excluding carboxylic acids is 2. The van der Waals surface area contributed by atoms with Crippen LogP contribution in [-0.2, 0) is 19.1 Å². The van der Waals surface area contributed by atoms with Crippen LogP contribution in [0.3, 0.4) is 0 Å². The molecule has 2 unspecified atom stereocenters. The van der Waals surface area contributed by atoms with E-state index >= 15 is 0 Å². The summed E-state index contributed by atoms with van der Waals surface area (Å²) in [6, 6.07) is 0. The number of hydrogen-bond donors (Lipinski definition) is 1. The molecule has 0 saturated carbocycles. The molecule has 6 heteroatoms. The maximum atomic E-state index is 12.3. The largest absolute Gasteiger partial charge is 0.481 e. The molecule has 0 aliphatic carbocycles. The predicted molar refractivity (Wildman–Crippen MR) is 67.3 cm³/mol. The molecular formula is C13H21NO5. The normalized spacial score (nSPS) is 25.2. The number of hydrogen-bond acceptors (Lipinski definition) is 4. The maximum Gasteiger partial charge on any atom is 0.306 e. The number of imide groups is 1. The number of carboxylic acid groups (broad SMARTS) is 1. The van der Waals surface area contributed by atoms with Gasteiger partial charge >= 0.3 is 5.97 Å². The number of methoxy groups -OCH3 is 1. The van der Waals surface area contributed by atoms with Crippen LogP contribution >= 0.6 is 0 Å². The summed E-state index contributed by atoms with van der Waals surface area (Å²) in [4.78, 5) is 36.1. The smallest absolute Gasteiger partial charge is 0.306 e. The van der Waals surface area contributed by atoms with E-state index in [0.717, 1.165) is 4.90 Å². The minimum atomic E-state index is -1.02. The Bertz CT molecular complexity index is 392. The van der Waals surface area contributed by atoms with Gasteiger partial charge < -0.3 is 9.84 Å². The highest BCUT2D eigenvalue weighted by Crippen LogP contribution is 2.39. The third-order valence-corrected chi connectivity index (χ3v) is 3.95. The zero-order valence-corrected chi connectivity index (χ0v) is 11.8. The zero-order valence-electron chi connectivity index (χ0n) is 11.8. The van der Waals surface area contributed by atoms with Crippen LogP contribution in [0.4, 0.5) is 0 Å². The first-order valence-electron chi connectivity index (χ1n) is 6.31. The van der Waals surface area contributed by atoms with Gasteiger partial charge in [-0.1, -0.05) is 13.8 Å². The highest BCUT2D eigenvalue weighted by atomic mass is 16.5. The van der Waals surface area contributed by atoms with Gasteiger partial charge in [-0.2, -0.15) is 0 Å². The summed E-state index contributed by atoms with van der Waals surface area (Å²) in [6.07, 6.45) is -0.723. The third kappa shape index (κ3) is 3.12. The maximum absolute atomic E-state index is 12.3. The average Bonchev–Trinajstić information content (AvgIpc) is 2.52. The van der Waals surface area contributed by atoms with Gasteiger partial charge in [-0.25, -0.2) is 0 Å². The molecule has 108 valence electrons. The lowest BCUT2D eigenvalue weighted by Crippen LogP contribution is -2.41. The number of amides is 2. The topological polar surface area (TPSA) is 83.9 Å². The van der Waals surface area contributed by atoms with E-state index in [1.54, 1.807) is 6.92 Å². The van der Waals surface area contributed by atoms with Crippen LogP contribution < -0.4 is 0 Å². The number of nitrogens with zero attached hydrogens (tertiary/aromatic N) is 1. The summed E-state index contributed by atoms with van der Waals surface area (Å²) in [5.74, 6) is -1.46. The van der Waals surface area contributed by atoms with Gasteiger partial charge in [0.15, 0.2) is 0 Å². The Labute approximate surface area is 112 Å². The molecule has 0 aromatic rings. The van der Waals surface area contributed by atoms with Crippen LogP contribution in [0.1, 0.15) is 33.6 Å². The molecule has 1 heterocycles. The highest BCUT2D eigenvalue weighted by Gasteiger charge is 2.50. The Morgan fingerprint density at radius 1 is 1.47 bits per heavy atom. The van der Waals surface area contributed by atoms with Gasteiger partial charge in [0, 0.05) is 13.5 Å². The second kappa shape index (κ2) is 5.69. The lowest BCUT2D eigenvalue weighted by molar-refractivity contribution is -0.147. The molecule has 0 spiro atoms. The fraction of sp³-hybridized carbons (Fsp3) is 0.769. The van der Waals surface area contributed by atoms with Gasteiger partial charge in [0.05, 0.1) is 24.5 Å². The first-order chi connectivity index (χ1) is 8.72. The first kappa shape index (κ1) is 15.6. The number of likely N-dealkylation sites (tertiary alicyclic amines) is 1. The average molecular weight is 271 g/mol. The molecule has 0 radical (unpaired) electrons. The molecule has 19 heavy (non-hydrogen) atoms. The summed E-state index contributed by atoms with van der Waals surface area (Å²) < 4.78 is 5.02. The molecule has 1 fully saturated rings. The fourth-order valence-corrected chi connectivity index (χ4v) is 2.16. The van der Waals surface area contributed by atoms with Crippen molar-refractivity contribution in [1.82, 2.24) is 4.90 Å². The van der Waals surface area contributed by atoms with E-state index < -0.39 is 17.5 Å². The lowest BCUT2D eigenvalue weighted by atomic mass is 9.78. The van der Waals surface area contributed by atoms with Crippen molar-refractivity contribution >= 4 is 17.8 Å². The van der Waals surface area contributed by atoms with Crippen molar-refractivity contribution in [3.63, 3.8) is 0 Å². The molecule has 2 amide bonds. The lowest BCUT2D eigenvalue weighted by Gasteiger charge is -2.27. The number of carbonyl (C=O) groups is 3. The standard InChI is InChI=1S/C13H21NO5/c1-8(2)13(3)6-10(15)14(12(13)18)7-9(19-4)5-11(16)17/h8-9H,5-7H2,1-4H3,(H,16,17). The van der Waals surface area contributed by atoms with Gasteiger partial charge in [-0.3, -0.25) is 19.3 Å². The van der Waals surface area contributed by atoms with Gasteiger partial charge in [-0.05, 0) is 12.8 Å². The summed E-state index contributed by atoms with van der Waals surface area (Å²) in [7, 11) is 1.38. The van der Waals surface area contributed by atoms with E-state index in [0.29, 0.717) is 0 Å². The Morgan fingerprint density at radius 2 is 2.05 bits per heavy atom. The van der Waals surface area contributed by atoms with Crippen LogP contribution in [0.25, 0.3) is 0 Å². The monoisotopic (exact) mass is 271 g/mol. The first-order valence-corrected chi connectivity index (χ1v) is 6.31. The van der Waals surface area contributed by atoms with Crippen molar-refractivity contribution in [2.24, 2.45) is 11.3 Å². The van der Waals surface area contributed by atoms with E-state index in [1.165, 1.54) is 7.11 Å². The quantitative estimate of drug-likeness (QED) is 0.725.